The summed E-state index contributed by atoms with van der Waals surface area (Å²) in [5.74, 6) is 0.649. The van der Waals surface area contributed by atoms with Crippen molar-refractivity contribution >= 4 is 28.9 Å². The van der Waals surface area contributed by atoms with Gasteiger partial charge >= 0.3 is 0 Å². The van der Waals surface area contributed by atoms with E-state index in [0.29, 0.717) is 12.3 Å². The molecule has 0 aromatic carbocycles. The first-order valence-electron chi connectivity index (χ1n) is 3.50. The number of carbonyl (C=O) groups is 1. The summed E-state index contributed by atoms with van der Waals surface area (Å²) in [5.41, 5.74) is 0. The summed E-state index contributed by atoms with van der Waals surface area (Å²) in [5, 5.41) is 0. The Morgan fingerprint density at radius 2 is 2.30 bits per heavy atom. The Morgan fingerprint density at radius 1 is 1.60 bits per heavy atom. The van der Waals surface area contributed by atoms with Gasteiger partial charge in [-0.15, -0.1) is 0 Å². The van der Waals surface area contributed by atoms with Gasteiger partial charge in [0, 0.05) is 6.42 Å². The molecule has 0 radical (unpaired) electrons. The molecule has 0 aliphatic heterocycles. The van der Waals surface area contributed by atoms with Gasteiger partial charge in [-0.2, -0.15) is 0 Å². The minimum absolute atomic E-state index is 0.649. The lowest BCUT2D eigenvalue weighted by Gasteiger charge is -2.03. The molecule has 0 unspecified atom stereocenters. The van der Waals surface area contributed by atoms with Crippen LogP contribution in [-0.4, -0.2) is 6.29 Å². The third-order valence-electron chi connectivity index (χ3n) is 1.40. The number of hydrogen-bond donors (Lipinski definition) is 0. The van der Waals surface area contributed by atoms with Gasteiger partial charge in [-0.05, 0) is 22.8 Å². The summed E-state index contributed by atoms with van der Waals surface area (Å²) < 4.78 is 2.02. The van der Waals surface area contributed by atoms with Crippen molar-refractivity contribution in [3.63, 3.8) is 0 Å². The van der Waals surface area contributed by atoms with E-state index < -0.39 is 0 Å². The largest absolute Gasteiger partial charge is 0.303 e. The lowest BCUT2D eigenvalue weighted by molar-refractivity contribution is -0.108. The van der Waals surface area contributed by atoms with Gasteiger partial charge in [0.1, 0.15) is 6.29 Å². The minimum Gasteiger partial charge on any atom is -0.303 e. The molecule has 0 N–H and O–H groups in total. The van der Waals surface area contributed by atoms with Crippen molar-refractivity contribution in [1.82, 2.24) is 0 Å². The van der Waals surface area contributed by atoms with Crippen LogP contribution < -0.4 is 0 Å². The zero-order chi connectivity index (χ0) is 7.82. The highest BCUT2D eigenvalue weighted by atomic mass is 127. The zero-order valence-corrected chi connectivity index (χ0v) is 8.37. The Labute approximate surface area is 76.0 Å². The minimum atomic E-state index is 0.649. The quantitative estimate of drug-likeness (QED) is 0.543. The smallest absolute Gasteiger partial charge is 0.120 e. The maximum atomic E-state index is 9.96. The Hall–Kier alpha value is 0.140. The van der Waals surface area contributed by atoms with Crippen LogP contribution in [0.2, 0.25) is 0 Å². The topological polar surface area (TPSA) is 17.1 Å². The van der Waals surface area contributed by atoms with Crippen molar-refractivity contribution in [3.8, 4) is 0 Å². The summed E-state index contributed by atoms with van der Waals surface area (Å²) >= 11 is 2.21. The first kappa shape index (κ1) is 10.1. The van der Waals surface area contributed by atoms with Crippen LogP contribution in [-0.2, 0) is 4.79 Å². The number of carbonyl (C=O) groups excluding carboxylic acids is 1. The van der Waals surface area contributed by atoms with Crippen molar-refractivity contribution in [2.45, 2.75) is 26.2 Å². The molecule has 10 heavy (non-hydrogen) atoms. The summed E-state index contributed by atoms with van der Waals surface area (Å²) in [7, 11) is 0. The van der Waals surface area contributed by atoms with Gasteiger partial charge < -0.3 is 4.79 Å². The number of aldehydes is 1. The fourth-order valence-corrected chi connectivity index (χ4v) is 1.05. The van der Waals surface area contributed by atoms with E-state index in [1.165, 1.54) is 0 Å². The second-order valence-electron chi connectivity index (χ2n) is 2.45. The molecule has 0 rings (SSSR count). The lowest BCUT2D eigenvalue weighted by Crippen LogP contribution is -1.92. The summed E-state index contributed by atoms with van der Waals surface area (Å²) in [6.07, 6.45) is 5.94. The van der Waals surface area contributed by atoms with Gasteiger partial charge in [0.2, 0.25) is 0 Å². The monoisotopic (exact) mass is 252 g/mol. The van der Waals surface area contributed by atoms with Crippen LogP contribution in [0.15, 0.2) is 10.2 Å². The molecule has 0 aliphatic rings. The molecule has 0 spiro atoms. The Balaban J connectivity index is 3.24. The number of allylic oxidation sites excluding steroid dienone is 1. The molecule has 0 saturated carbocycles. The molecule has 1 atom stereocenters. The Bertz CT molecular complexity index is 110. The van der Waals surface area contributed by atoms with Crippen LogP contribution >= 0.6 is 22.6 Å². The van der Waals surface area contributed by atoms with Gasteiger partial charge in [-0.25, -0.2) is 0 Å². The first-order chi connectivity index (χ1) is 4.81. The van der Waals surface area contributed by atoms with Crippen LogP contribution in [0.4, 0.5) is 0 Å². The van der Waals surface area contributed by atoms with Crippen molar-refractivity contribution in [3.05, 3.63) is 10.2 Å². The third-order valence-corrected chi connectivity index (χ3v) is 1.91. The van der Waals surface area contributed by atoms with Crippen LogP contribution in [0.25, 0.3) is 0 Å². The van der Waals surface area contributed by atoms with Gasteiger partial charge in [0.15, 0.2) is 0 Å². The van der Waals surface area contributed by atoms with E-state index in [9.17, 15) is 4.79 Å². The summed E-state index contributed by atoms with van der Waals surface area (Å²) in [4.78, 5) is 9.96. The van der Waals surface area contributed by atoms with Gasteiger partial charge in [0.05, 0.1) is 0 Å². The van der Waals surface area contributed by atoms with Crippen molar-refractivity contribution < 1.29 is 4.79 Å². The molecule has 0 aromatic rings. The molecule has 1 nitrogen and oxygen atoms in total. The lowest BCUT2D eigenvalue weighted by atomic mass is 10.0. The first-order valence-corrected chi connectivity index (χ1v) is 4.74. The molecular formula is C8H13IO. The van der Waals surface area contributed by atoms with E-state index >= 15 is 0 Å². The predicted molar refractivity (Wildman–Crippen MR) is 52.2 cm³/mol. The zero-order valence-electron chi connectivity index (χ0n) is 6.22. The van der Waals surface area contributed by atoms with Crippen molar-refractivity contribution in [1.29, 1.82) is 0 Å². The molecule has 0 fully saturated rings. The standard InChI is InChI=1S/C8H13IO/c1-8(4-2-6-9)5-3-7-10/h2,6-8H,3-5H2,1H3/b6-2-/t8-/m0/s1. The second-order valence-corrected chi connectivity index (χ2v) is 3.17. The van der Waals surface area contributed by atoms with Crippen molar-refractivity contribution in [2.24, 2.45) is 5.92 Å². The fraction of sp³-hybridized carbons (Fsp3) is 0.625. The molecule has 0 heterocycles. The average Bonchev–Trinajstić information content (AvgIpc) is 1.97. The molecular weight excluding hydrogens is 239 g/mol. The van der Waals surface area contributed by atoms with Crippen LogP contribution in [0.5, 0.6) is 0 Å². The highest BCUT2D eigenvalue weighted by Crippen LogP contribution is 2.09. The Morgan fingerprint density at radius 3 is 2.80 bits per heavy atom. The van der Waals surface area contributed by atoms with Crippen LogP contribution in [0, 0.1) is 5.92 Å². The third kappa shape index (κ3) is 6.26. The van der Waals surface area contributed by atoms with Crippen molar-refractivity contribution in [2.75, 3.05) is 0 Å². The van der Waals surface area contributed by atoms with E-state index in [1.807, 2.05) is 4.08 Å². The average molecular weight is 252 g/mol. The molecule has 0 amide bonds. The van der Waals surface area contributed by atoms with Crippen LogP contribution in [0.1, 0.15) is 26.2 Å². The van der Waals surface area contributed by atoms with E-state index in [-0.39, 0.29) is 0 Å². The maximum Gasteiger partial charge on any atom is 0.120 e. The highest BCUT2D eigenvalue weighted by Gasteiger charge is 1.96. The van der Waals surface area contributed by atoms with Gasteiger partial charge in [-0.1, -0.05) is 35.6 Å². The molecule has 2 heteroatoms. The molecule has 0 aromatic heterocycles. The number of halogens is 1. The van der Waals surface area contributed by atoms with E-state index in [2.05, 4.69) is 35.6 Å². The fourth-order valence-electron chi connectivity index (χ4n) is 0.754. The normalized spacial score (nSPS) is 13.8. The second kappa shape index (κ2) is 7.25. The molecule has 58 valence electrons. The van der Waals surface area contributed by atoms with Gasteiger partial charge in [-0.3, -0.25) is 0 Å². The van der Waals surface area contributed by atoms with Crippen LogP contribution in [0.3, 0.4) is 0 Å². The molecule has 0 bridgehead atoms. The van der Waals surface area contributed by atoms with E-state index in [1.54, 1.807) is 0 Å². The Kier molecular flexibility index (Phi) is 7.35. The van der Waals surface area contributed by atoms with Gasteiger partial charge in [0.25, 0.3) is 0 Å². The van der Waals surface area contributed by atoms with E-state index in [4.69, 9.17) is 0 Å². The summed E-state index contributed by atoms with van der Waals surface area (Å²) in [6.45, 7) is 2.17. The SMILES string of the molecule is C[C@@H](C/C=C\I)CCC=O. The highest BCUT2D eigenvalue weighted by molar-refractivity contribution is 14.1. The predicted octanol–water partition coefficient (Wildman–Crippen LogP) is 2.94. The number of hydrogen-bond acceptors (Lipinski definition) is 1. The molecule has 0 aliphatic carbocycles. The van der Waals surface area contributed by atoms with E-state index in [0.717, 1.165) is 19.1 Å². The maximum absolute atomic E-state index is 9.96. The number of rotatable bonds is 5. The summed E-state index contributed by atoms with van der Waals surface area (Å²) in [6, 6.07) is 0. The molecule has 0 saturated heterocycles.